The summed E-state index contributed by atoms with van der Waals surface area (Å²) in [6.45, 7) is 3.80. The van der Waals surface area contributed by atoms with Crippen molar-refractivity contribution in [3.05, 3.63) is 35.1 Å². The fraction of sp³-hybridized carbons (Fsp3) is 0.619. The number of unbranched alkanes of at least 4 members (excludes halogenated alkanes) is 7. The average molecular weight is 419 g/mol. The van der Waals surface area contributed by atoms with Crippen molar-refractivity contribution in [1.82, 2.24) is 5.32 Å². The number of amides is 1. The molecular weight excluding hydrogens is 390 g/mol. The molecule has 29 heavy (non-hydrogen) atoms. The monoisotopic (exact) mass is 419 g/mol. The number of rotatable bonds is 12. The van der Waals surface area contributed by atoms with Gasteiger partial charge in [-0.25, -0.2) is 9.18 Å². The third-order valence-electron chi connectivity index (χ3n) is 4.48. The molecule has 0 saturated heterocycles. The van der Waals surface area contributed by atoms with Crippen molar-refractivity contribution in [2.45, 2.75) is 77.4 Å². The Morgan fingerprint density at radius 2 is 1.62 bits per heavy atom. The highest BCUT2D eigenvalue weighted by Gasteiger charge is 2.34. The van der Waals surface area contributed by atoms with Gasteiger partial charge in [-0.1, -0.05) is 51.9 Å². The maximum atomic E-state index is 13.6. The van der Waals surface area contributed by atoms with Gasteiger partial charge in [0.1, 0.15) is 11.9 Å². The van der Waals surface area contributed by atoms with Gasteiger partial charge in [-0.05, 0) is 31.5 Å². The van der Waals surface area contributed by atoms with Crippen molar-refractivity contribution in [2.24, 2.45) is 0 Å². The standard InChI is InChI=1S/C21H29F4NO3/c1-3-4-5-6-7-8-9-10-13-29-20(28)15(2)26-19(27)16-11-12-17(18(22)14-16)21(23,24)25/h11-12,14-15H,3-10,13H2,1-2H3,(H,26,27). The van der Waals surface area contributed by atoms with Crippen LogP contribution in [0.15, 0.2) is 18.2 Å². The fourth-order valence-corrected chi connectivity index (χ4v) is 2.76. The van der Waals surface area contributed by atoms with Gasteiger partial charge in [-0.3, -0.25) is 4.79 Å². The Morgan fingerprint density at radius 1 is 1.03 bits per heavy atom. The van der Waals surface area contributed by atoms with Crippen LogP contribution in [0.3, 0.4) is 0 Å². The van der Waals surface area contributed by atoms with Gasteiger partial charge >= 0.3 is 12.1 Å². The van der Waals surface area contributed by atoms with Crippen LogP contribution in [0.1, 0.15) is 81.1 Å². The van der Waals surface area contributed by atoms with Gasteiger partial charge in [-0.2, -0.15) is 13.2 Å². The number of benzene rings is 1. The number of alkyl halides is 3. The van der Waals surface area contributed by atoms with E-state index < -0.39 is 35.5 Å². The first kappa shape index (κ1) is 24.9. The van der Waals surface area contributed by atoms with Crippen molar-refractivity contribution in [3.8, 4) is 0 Å². The number of carbonyl (C=O) groups is 2. The molecule has 1 atom stereocenters. The highest BCUT2D eigenvalue weighted by Crippen LogP contribution is 2.31. The molecule has 4 nitrogen and oxygen atoms in total. The molecule has 0 spiro atoms. The maximum Gasteiger partial charge on any atom is 0.419 e. The number of ether oxygens (including phenoxy) is 1. The Labute approximate surface area is 169 Å². The van der Waals surface area contributed by atoms with Crippen LogP contribution < -0.4 is 5.32 Å². The number of hydrogen-bond acceptors (Lipinski definition) is 3. The molecule has 1 rings (SSSR count). The first-order valence-corrected chi connectivity index (χ1v) is 10.0. The van der Waals surface area contributed by atoms with Crippen LogP contribution in [0.25, 0.3) is 0 Å². The lowest BCUT2D eigenvalue weighted by Crippen LogP contribution is -2.39. The molecule has 1 aromatic carbocycles. The average Bonchev–Trinajstić information content (AvgIpc) is 2.65. The van der Waals surface area contributed by atoms with Crippen LogP contribution in [0, 0.1) is 5.82 Å². The van der Waals surface area contributed by atoms with Crippen molar-refractivity contribution >= 4 is 11.9 Å². The van der Waals surface area contributed by atoms with Crippen LogP contribution in [0.2, 0.25) is 0 Å². The van der Waals surface area contributed by atoms with E-state index in [1.54, 1.807) is 0 Å². The van der Waals surface area contributed by atoms with Gasteiger partial charge in [0.15, 0.2) is 0 Å². The minimum atomic E-state index is -4.84. The van der Waals surface area contributed by atoms with Crippen LogP contribution >= 0.6 is 0 Å². The summed E-state index contributed by atoms with van der Waals surface area (Å²) in [6.07, 6.45) is 3.98. The fourth-order valence-electron chi connectivity index (χ4n) is 2.76. The highest BCUT2D eigenvalue weighted by atomic mass is 19.4. The highest BCUT2D eigenvalue weighted by molar-refractivity contribution is 5.96. The van der Waals surface area contributed by atoms with E-state index in [9.17, 15) is 27.2 Å². The summed E-state index contributed by atoms with van der Waals surface area (Å²) in [7, 11) is 0. The summed E-state index contributed by atoms with van der Waals surface area (Å²) in [6, 6.07) is 0.855. The lowest BCUT2D eigenvalue weighted by Gasteiger charge is -2.14. The summed E-state index contributed by atoms with van der Waals surface area (Å²) in [5.74, 6) is -3.04. The predicted octanol–water partition coefficient (Wildman–Crippen LogP) is 5.65. The van der Waals surface area contributed by atoms with Gasteiger partial charge in [0.25, 0.3) is 5.91 Å². The van der Waals surface area contributed by atoms with Crippen molar-refractivity contribution in [3.63, 3.8) is 0 Å². The van der Waals surface area contributed by atoms with Gasteiger partial charge in [-0.15, -0.1) is 0 Å². The van der Waals surface area contributed by atoms with Crippen LogP contribution in [-0.2, 0) is 15.7 Å². The minimum absolute atomic E-state index is 0.239. The third-order valence-corrected chi connectivity index (χ3v) is 4.48. The molecule has 0 aliphatic carbocycles. The van der Waals surface area contributed by atoms with Crippen LogP contribution in [-0.4, -0.2) is 24.5 Å². The Hall–Kier alpha value is -2.12. The van der Waals surface area contributed by atoms with Crippen molar-refractivity contribution in [1.29, 1.82) is 0 Å². The molecule has 0 radical (unpaired) electrons. The molecule has 0 saturated carbocycles. The maximum absolute atomic E-state index is 13.6. The molecule has 1 N–H and O–H groups in total. The number of nitrogens with one attached hydrogen (secondary N) is 1. The summed E-state index contributed by atoms with van der Waals surface area (Å²) < 4.78 is 56.3. The second-order valence-corrected chi connectivity index (χ2v) is 7.03. The molecule has 8 heteroatoms. The second kappa shape index (κ2) is 12.4. The van der Waals surface area contributed by atoms with Crippen molar-refractivity contribution < 1.29 is 31.9 Å². The van der Waals surface area contributed by atoms with Gasteiger partial charge in [0.05, 0.1) is 12.2 Å². The molecule has 1 unspecified atom stereocenters. The molecular formula is C21H29F4NO3. The lowest BCUT2D eigenvalue weighted by molar-refractivity contribution is -0.145. The zero-order chi connectivity index (χ0) is 21.9. The Kier molecular flexibility index (Phi) is 10.7. The third kappa shape index (κ3) is 9.28. The molecule has 1 aromatic rings. The molecule has 164 valence electrons. The zero-order valence-electron chi connectivity index (χ0n) is 16.9. The largest absolute Gasteiger partial charge is 0.464 e. The molecule has 0 aliphatic rings. The van der Waals surface area contributed by atoms with E-state index in [2.05, 4.69) is 12.2 Å². The van der Waals surface area contributed by atoms with Gasteiger partial charge in [0.2, 0.25) is 0 Å². The quantitative estimate of drug-likeness (QED) is 0.271. The normalized spacial score (nSPS) is 12.5. The molecule has 0 aliphatic heterocycles. The molecule has 0 aromatic heterocycles. The van der Waals surface area contributed by atoms with E-state index in [0.29, 0.717) is 12.1 Å². The van der Waals surface area contributed by atoms with E-state index in [-0.39, 0.29) is 12.2 Å². The lowest BCUT2D eigenvalue weighted by atomic mass is 10.1. The first-order valence-electron chi connectivity index (χ1n) is 10.0. The van der Waals surface area contributed by atoms with Crippen LogP contribution in [0.4, 0.5) is 17.6 Å². The molecule has 0 fully saturated rings. The number of halogens is 4. The van der Waals surface area contributed by atoms with Crippen LogP contribution in [0.5, 0.6) is 0 Å². The van der Waals surface area contributed by atoms with E-state index in [4.69, 9.17) is 4.74 Å². The number of hydrogen-bond donors (Lipinski definition) is 1. The molecule has 1 amide bonds. The summed E-state index contributed by atoms with van der Waals surface area (Å²) in [4.78, 5) is 23.9. The van der Waals surface area contributed by atoms with E-state index >= 15 is 0 Å². The van der Waals surface area contributed by atoms with E-state index in [0.717, 1.165) is 31.7 Å². The SMILES string of the molecule is CCCCCCCCCCOC(=O)C(C)NC(=O)c1ccc(C(F)(F)F)c(F)c1. The zero-order valence-corrected chi connectivity index (χ0v) is 16.9. The Bertz CT molecular complexity index is 662. The predicted molar refractivity (Wildman–Crippen MR) is 102 cm³/mol. The molecule has 0 bridgehead atoms. The minimum Gasteiger partial charge on any atom is -0.464 e. The Balaban J connectivity index is 2.34. The van der Waals surface area contributed by atoms with Gasteiger partial charge < -0.3 is 10.1 Å². The summed E-state index contributed by atoms with van der Waals surface area (Å²) >= 11 is 0. The summed E-state index contributed by atoms with van der Waals surface area (Å²) in [5, 5.41) is 2.30. The summed E-state index contributed by atoms with van der Waals surface area (Å²) in [5.41, 5.74) is -1.76. The molecule has 0 heterocycles. The van der Waals surface area contributed by atoms with E-state index in [1.807, 2.05) is 0 Å². The van der Waals surface area contributed by atoms with Gasteiger partial charge in [0, 0.05) is 5.56 Å². The Morgan fingerprint density at radius 3 is 2.17 bits per heavy atom. The first-order chi connectivity index (χ1) is 13.7. The van der Waals surface area contributed by atoms with Crippen molar-refractivity contribution in [2.75, 3.05) is 6.61 Å². The number of esters is 1. The topological polar surface area (TPSA) is 55.4 Å². The second-order valence-electron chi connectivity index (χ2n) is 7.03. The smallest absolute Gasteiger partial charge is 0.419 e. The van der Waals surface area contributed by atoms with E-state index in [1.165, 1.54) is 32.6 Å². The number of carbonyl (C=O) groups excluding carboxylic acids is 2.